The second-order valence-electron chi connectivity index (χ2n) is 2.92. The number of nitrogens with one attached hydrogen (secondary N) is 1. The highest BCUT2D eigenvalue weighted by Gasteiger charge is 2.09. The van der Waals surface area contributed by atoms with Gasteiger partial charge in [-0.1, -0.05) is 0 Å². The summed E-state index contributed by atoms with van der Waals surface area (Å²) in [6, 6.07) is 2.02. The third-order valence-corrected chi connectivity index (χ3v) is 2.15. The molecule has 0 amide bonds. The Morgan fingerprint density at radius 2 is 2.31 bits per heavy atom. The van der Waals surface area contributed by atoms with E-state index in [-0.39, 0.29) is 12.4 Å². The average Bonchev–Trinajstić information content (AvgIpc) is 2.17. The van der Waals surface area contributed by atoms with Crippen molar-refractivity contribution in [3.05, 3.63) is 23.4 Å². The van der Waals surface area contributed by atoms with Gasteiger partial charge in [-0.2, -0.15) is 0 Å². The number of methoxy groups -OCH3 is 1. The molecule has 3 nitrogen and oxygen atoms in total. The third kappa shape index (κ3) is 2.11. The summed E-state index contributed by atoms with van der Waals surface area (Å²) in [5, 5.41) is 3.30. The maximum Gasteiger partial charge on any atom is 0.213 e. The van der Waals surface area contributed by atoms with Gasteiger partial charge in [-0.25, -0.2) is 4.98 Å². The number of ether oxygens (including phenoxy) is 1. The van der Waals surface area contributed by atoms with Gasteiger partial charge >= 0.3 is 0 Å². The average molecular weight is 201 g/mol. The highest BCUT2D eigenvalue weighted by Crippen LogP contribution is 2.16. The maximum atomic E-state index is 5.05. The lowest BCUT2D eigenvalue weighted by Crippen LogP contribution is -2.23. The number of halogens is 1. The molecule has 0 unspecified atom stereocenters. The first-order chi connectivity index (χ1) is 5.90. The Balaban J connectivity index is 0.000000845. The van der Waals surface area contributed by atoms with E-state index in [1.807, 2.05) is 12.3 Å². The summed E-state index contributed by atoms with van der Waals surface area (Å²) in [5.74, 6) is 0.718. The van der Waals surface area contributed by atoms with Crippen LogP contribution < -0.4 is 10.1 Å². The van der Waals surface area contributed by atoms with Gasteiger partial charge in [0, 0.05) is 18.8 Å². The van der Waals surface area contributed by atoms with Crippen LogP contribution in [0.5, 0.6) is 5.88 Å². The molecule has 0 saturated carbocycles. The zero-order valence-electron chi connectivity index (χ0n) is 7.54. The lowest BCUT2D eigenvalue weighted by atomic mass is 10.0. The fourth-order valence-electron chi connectivity index (χ4n) is 1.45. The molecule has 1 aliphatic heterocycles. The van der Waals surface area contributed by atoms with E-state index in [4.69, 9.17) is 4.74 Å². The first-order valence-electron chi connectivity index (χ1n) is 4.12. The number of pyridine rings is 1. The number of aromatic nitrogens is 1. The quantitative estimate of drug-likeness (QED) is 0.739. The normalized spacial score (nSPS) is 14.2. The summed E-state index contributed by atoms with van der Waals surface area (Å²) in [5.41, 5.74) is 2.66. The molecule has 0 spiro atoms. The van der Waals surface area contributed by atoms with Gasteiger partial charge in [-0.3, -0.25) is 0 Å². The topological polar surface area (TPSA) is 34.1 Å². The number of hydrogen-bond acceptors (Lipinski definition) is 3. The summed E-state index contributed by atoms with van der Waals surface area (Å²) in [4.78, 5) is 4.15. The summed E-state index contributed by atoms with van der Waals surface area (Å²) >= 11 is 0. The van der Waals surface area contributed by atoms with E-state index in [1.165, 1.54) is 11.1 Å². The predicted octanol–water partition coefficient (Wildman–Crippen LogP) is 1.16. The molecule has 13 heavy (non-hydrogen) atoms. The highest BCUT2D eigenvalue weighted by atomic mass is 35.5. The van der Waals surface area contributed by atoms with Crippen LogP contribution in [0, 0.1) is 0 Å². The standard InChI is InChI=1S/C9H12N2O.ClH/c1-12-9-4-7-2-3-10-5-8(7)6-11-9;/h4,6,10H,2-3,5H2,1H3;1H. The summed E-state index contributed by atoms with van der Waals surface area (Å²) in [7, 11) is 1.65. The molecule has 2 rings (SSSR count). The first kappa shape index (κ1) is 10.3. The van der Waals surface area contributed by atoms with E-state index in [2.05, 4.69) is 10.3 Å². The molecular formula is C9H13ClN2O. The molecule has 72 valence electrons. The van der Waals surface area contributed by atoms with E-state index >= 15 is 0 Å². The molecule has 1 aliphatic rings. The van der Waals surface area contributed by atoms with Gasteiger partial charge in [-0.05, 0) is 24.1 Å². The number of hydrogen-bond donors (Lipinski definition) is 1. The van der Waals surface area contributed by atoms with E-state index in [1.54, 1.807) is 7.11 Å². The molecule has 0 saturated heterocycles. The molecule has 1 N–H and O–H groups in total. The van der Waals surface area contributed by atoms with Crippen LogP contribution in [-0.2, 0) is 13.0 Å². The van der Waals surface area contributed by atoms with Gasteiger partial charge in [-0.15, -0.1) is 12.4 Å². The van der Waals surface area contributed by atoms with Crippen LogP contribution in [0.3, 0.4) is 0 Å². The molecule has 0 fully saturated rings. The lowest BCUT2D eigenvalue weighted by molar-refractivity contribution is 0.396. The van der Waals surface area contributed by atoms with Crippen molar-refractivity contribution in [1.82, 2.24) is 10.3 Å². The van der Waals surface area contributed by atoms with Gasteiger partial charge < -0.3 is 10.1 Å². The van der Waals surface area contributed by atoms with Gasteiger partial charge in [0.05, 0.1) is 7.11 Å². The highest BCUT2D eigenvalue weighted by molar-refractivity contribution is 5.85. The van der Waals surface area contributed by atoms with Crippen LogP contribution in [-0.4, -0.2) is 18.6 Å². The Bertz CT molecular complexity index is 291. The first-order valence-corrected chi connectivity index (χ1v) is 4.12. The van der Waals surface area contributed by atoms with Crippen molar-refractivity contribution in [2.24, 2.45) is 0 Å². The molecular weight excluding hydrogens is 188 g/mol. The van der Waals surface area contributed by atoms with Crippen LogP contribution in [0.2, 0.25) is 0 Å². The summed E-state index contributed by atoms with van der Waals surface area (Å²) < 4.78 is 5.05. The largest absolute Gasteiger partial charge is 0.481 e. The van der Waals surface area contributed by atoms with Crippen molar-refractivity contribution in [2.75, 3.05) is 13.7 Å². The van der Waals surface area contributed by atoms with E-state index in [0.29, 0.717) is 0 Å². The molecule has 0 aliphatic carbocycles. The van der Waals surface area contributed by atoms with Gasteiger partial charge in [0.2, 0.25) is 5.88 Å². The zero-order valence-corrected chi connectivity index (χ0v) is 8.36. The lowest BCUT2D eigenvalue weighted by Gasteiger charge is -2.16. The Morgan fingerprint density at radius 1 is 1.46 bits per heavy atom. The Hall–Kier alpha value is -0.800. The summed E-state index contributed by atoms with van der Waals surface area (Å²) in [6.45, 7) is 1.99. The number of fused-ring (bicyclic) bond motifs is 1. The maximum absolute atomic E-state index is 5.05. The minimum absolute atomic E-state index is 0. The fourth-order valence-corrected chi connectivity index (χ4v) is 1.45. The second kappa shape index (κ2) is 4.44. The van der Waals surface area contributed by atoms with Gasteiger partial charge in [0.15, 0.2) is 0 Å². The smallest absolute Gasteiger partial charge is 0.213 e. The van der Waals surface area contributed by atoms with Crippen LogP contribution in [0.4, 0.5) is 0 Å². The molecule has 1 aromatic rings. The Labute approximate surface area is 83.9 Å². The van der Waals surface area contributed by atoms with Crippen molar-refractivity contribution >= 4 is 12.4 Å². The van der Waals surface area contributed by atoms with Crippen molar-refractivity contribution in [2.45, 2.75) is 13.0 Å². The molecule has 1 aromatic heterocycles. The van der Waals surface area contributed by atoms with E-state index in [9.17, 15) is 0 Å². The monoisotopic (exact) mass is 200 g/mol. The minimum Gasteiger partial charge on any atom is -0.481 e. The van der Waals surface area contributed by atoms with Crippen LogP contribution in [0.1, 0.15) is 11.1 Å². The van der Waals surface area contributed by atoms with Gasteiger partial charge in [0.25, 0.3) is 0 Å². The molecule has 4 heteroatoms. The van der Waals surface area contributed by atoms with E-state index < -0.39 is 0 Å². The second-order valence-corrected chi connectivity index (χ2v) is 2.92. The Kier molecular flexibility index (Phi) is 3.51. The fraction of sp³-hybridized carbons (Fsp3) is 0.444. The predicted molar refractivity (Wildman–Crippen MR) is 53.4 cm³/mol. The van der Waals surface area contributed by atoms with Crippen LogP contribution in [0.25, 0.3) is 0 Å². The zero-order chi connectivity index (χ0) is 8.39. The number of rotatable bonds is 1. The van der Waals surface area contributed by atoms with Crippen molar-refractivity contribution in [3.63, 3.8) is 0 Å². The summed E-state index contributed by atoms with van der Waals surface area (Å²) in [6.07, 6.45) is 2.97. The van der Waals surface area contributed by atoms with Crippen molar-refractivity contribution in [3.8, 4) is 5.88 Å². The minimum atomic E-state index is 0. The van der Waals surface area contributed by atoms with Crippen LogP contribution in [0.15, 0.2) is 12.3 Å². The van der Waals surface area contributed by atoms with E-state index in [0.717, 1.165) is 25.4 Å². The molecule has 0 bridgehead atoms. The number of nitrogens with zero attached hydrogens (tertiary/aromatic N) is 1. The Morgan fingerprint density at radius 3 is 3.08 bits per heavy atom. The third-order valence-electron chi connectivity index (χ3n) is 2.15. The van der Waals surface area contributed by atoms with Crippen LogP contribution >= 0.6 is 12.4 Å². The van der Waals surface area contributed by atoms with Crippen molar-refractivity contribution in [1.29, 1.82) is 0 Å². The molecule has 0 atom stereocenters. The molecule has 0 aromatic carbocycles. The van der Waals surface area contributed by atoms with Crippen molar-refractivity contribution < 1.29 is 4.74 Å². The molecule has 2 heterocycles. The van der Waals surface area contributed by atoms with Gasteiger partial charge in [0.1, 0.15) is 0 Å². The molecule has 0 radical (unpaired) electrons. The SMILES string of the molecule is COc1cc2c(cn1)CNCC2.Cl.